The van der Waals surface area contributed by atoms with Gasteiger partial charge >= 0.3 is 6.18 Å². The monoisotopic (exact) mass is 804 g/mol. The number of alkyl halides is 3. The van der Waals surface area contributed by atoms with Crippen molar-refractivity contribution in [2.45, 2.75) is 57.2 Å². The van der Waals surface area contributed by atoms with E-state index >= 15 is 4.39 Å². The molecule has 3 aliphatic heterocycles. The van der Waals surface area contributed by atoms with E-state index in [2.05, 4.69) is 21.2 Å². The molecule has 3 saturated heterocycles. The predicted molar refractivity (Wildman–Crippen MR) is 207 cm³/mol. The van der Waals surface area contributed by atoms with Crippen LogP contribution in [0.25, 0.3) is 11.0 Å². The molecule has 298 valence electrons. The maximum atomic E-state index is 15.4. The number of amides is 3. The Morgan fingerprint density at radius 1 is 0.982 bits per heavy atom. The van der Waals surface area contributed by atoms with Crippen LogP contribution in [0.15, 0.2) is 65.3 Å². The minimum Gasteiger partial charge on any atom is -0.489 e. The predicted octanol–water partition coefficient (Wildman–Crippen LogP) is 6.53. The van der Waals surface area contributed by atoms with Crippen molar-refractivity contribution in [3.8, 4) is 11.8 Å². The van der Waals surface area contributed by atoms with Gasteiger partial charge in [0.1, 0.15) is 17.7 Å². The second-order valence-corrected chi connectivity index (χ2v) is 15.3. The highest BCUT2D eigenvalue weighted by Crippen LogP contribution is 2.40. The number of halogens is 4. The number of benzene rings is 3. The fourth-order valence-electron chi connectivity index (χ4n) is 7.74. The number of carbonyl (C=O) groups excluding carboxylic acids is 3. The van der Waals surface area contributed by atoms with Gasteiger partial charge in [0.15, 0.2) is 16.7 Å². The van der Waals surface area contributed by atoms with Crippen molar-refractivity contribution in [3.63, 3.8) is 0 Å². The SMILES string of the molecule is CC1(C)C(=O)N(c2ccc(C#N)c(C(F)(F)F)c2)C(=S)N1c1ccc(OCCN2CCN(CCCc3ccc4c(C5CCC(=O)NC5=O)coc4c3)CC2)c(F)c1. The van der Waals surface area contributed by atoms with E-state index in [0.29, 0.717) is 25.5 Å². The zero-order chi connectivity index (χ0) is 40.6. The third-order valence-corrected chi connectivity index (χ3v) is 11.2. The van der Waals surface area contributed by atoms with Gasteiger partial charge in [-0.2, -0.15) is 18.4 Å². The summed E-state index contributed by atoms with van der Waals surface area (Å²) in [4.78, 5) is 44.5. The fourth-order valence-corrected chi connectivity index (χ4v) is 8.26. The van der Waals surface area contributed by atoms with Crippen molar-refractivity contribution >= 4 is 57.4 Å². The van der Waals surface area contributed by atoms with Gasteiger partial charge in [0.05, 0.1) is 35.1 Å². The molecule has 0 aliphatic carbocycles. The molecule has 3 aliphatic rings. The summed E-state index contributed by atoms with van der Waals surface area (Å²) in [5.74, 6) is -2.19. The Morgan fingerprint density at radius 2 is 1.70 bits per heavy atom. The Labute approximate surface area is 331 Å². The van der Waals surface area contributed by atoms with Crippen LogP contribution in [0.5, 0.6) is 5.75 Å². The van der Waals surface area contributed by atoms with Crippen LogP contribution in [0.1, 0.15) is 61.3 Å². The summed E-state index contributed by atoms with van der Waals surface area (Å²) in [5, 5.41) is 12.4. The molecule has 1 aromatic heterocycles. The van der Waals surface area contributed by atoms with Gasteiger partial charge in [-0.1, -0.05) is 12.1 Å². The number of anilines is 2. The fraction of sp³-hybridized carbons (Fsp3) is 0.390. The number of thiocarbonyl (C=S) groups is 1. The summed E-state index contributed by atoms with van der Waals surface area (Å²) in [5.41, 5.74) is -0.365. The van der Waals surface area contributed by atoms with Crippen LogP contribution in [0.3, 0.4) is 0 Å². The van der Waals surface area contributed by atoms with Crippen LogP contribution >= 0.6 is 12.2 Å². The van der Waals surface area contributed by atoms with E-state index in [1.54, 1.807) is 26.2 Å². The Kier molecular flexibility index (Phi) is 11.1. The van der Waals surface area contributed by atoms with E-state index in [1.165, 1.54) is 29.2 Å². The normalized spacial score (nSPS) is 19.4. The average molecular weight is 805 g/mol. The van der Waals surface area contributed by atoms with Gasteiger partial charge in [-0.25, -0.2) is 4.39 Å². The molecule has 1 atom stereocenters. The third kappa shape index (κ3) is 8.09. The first-order chi connectivity index (χ1) is 27.1. The topological polar surface area (TPSA) is 122 Å². The maximum Gasteiger partial charge on any atom is 0.417 e. The number of nitriles is 1. The van der Waals surface area contributed by atoms with Gasteiger partial charge in [0.2, 0.25) is 11.8 Å². The summed E-state index contributed by atoms with van der Waals surface area (Å²) in [6.45, 7) is 8.30. The lowest BCUT2D eigenvalue weighted by molar-refractivity contribution is -0.138. The molecule has 0 spiro atoms. The van der Waals surface area contributed by atoms with Crippen molar-refractivity contribution in [1.29, 1.82) is 5.26 Å². The zero-order valence-corrected chi connectivity index (χ0v) is 32.1. The molecular formula is C41H40F4N6O5S. The van der Waals surface area contributed by atoms with Gasteiger partial charge in [0, 0.05) is 61.8 Å². The Balaban J connectivity index is 0.875. The highest BCUT2D eigenvalue weighted by Gasteiger charge is 2.51. The van der Waals surface area contributed by atoms with E-state index in [-0.39, 0.29) is 40.7 Å². The molecule has 1 unspecified atom stereocenters. The van der Waals surface area contributed by atoms with E-state index in [0.717, 1.165) is 78.6 Å². The molecular weight excluding hydrogens is 765 g/mol. The maximum absolute atomic E-state index is 15.4. The molecule has 57 heavy (non-hydrogen) atoms. The number of fused-ring (bicyclic) bond motifs is 1. The minimum absolute atomic E-state index is 0.0188. The van der Waals surface area contributed by atoms with Crippen LogP contribution in [-0.2, 0) is 27.0 Å². The van der Waals surface area contributed by atoms with Gasteiger partial charge in [-0.15, -0.1) is 0 Å². The van der Waals surface area contributed by atoms with Gasteiger partial charge in [-0.05, 0) is 93.8 Å². The Bertz CT molecular complexity index is 2280. The number of carbonyl (C=O) groups is 3. The van der Waals surface area contributed by atoms with Crippen LogP contribution in [0.2, 0.25) is 0 Å². The number of piperazine rings is 1. The molecule has 7 rings (SSSR count). The number of nitrogens with zero attached hydrogens (tertiary/aromatic N) is 5. The van der Waals surface area contributed by atoms with Crippen molar-refractivity contribution in [3.05, 3.63) is 88.9 Å². The van der Waals surface area contributed by atoms with Crippen LogP contribution in [0.4, 0.5) is 28.9 Å². The van der Waals surface area contributed by atoms with Crippen molar-refractivity contribution < 1.29 is 41.1 Å². The lowest BCUT2D eigenvalue weighted by atomic mass is 9.90. The molecule has 0 saturated carbocycles. The number of aryl methyl sites for hydroxylation is 1. The first-order valence-electron chi connectivity index (χ1n) is 18.7. The number of furan rings is 1. The number of rotatable bonds is 11. The van der Waals surface area contributed by atoms with Gasteiger partial charge in [-0.3, -0.25) is 29.5 Å². The lowest BCUT2D eigenvalue weighted by Gasteiger charge is -2.34. The smallest absolute Gasteiger partial charge is 0.417 e. The molecule has 0 bridgehead atoms. The number of piperidine rings is 1. The largest absolute Gasteiger partial charge is 0.489 e. The second kappa shape index (κ2) is 15.9. The van der Waals surface area contributed by atoms with Crippen LogP contribution in [-0.4, -0.2) is 84.0 Å². The number of hydrogen-bond acceptors (Lipinski definition) is 9. The van der Waals surface area contributed by atoms with Crippen LogP contribution in [0, 0.1) is 17.1 Å². The molecule has 0 radical (unpaired) electrons. The van der Waals surface area contributed by atoms with E-state index < -0.39 is 40.5 Å². The molecule has 16 heteroatoms. The third-order valence-electron chi connectivity index (χ3n) is 10.9. The van der Waals surface area contributed by atoms with Crippen LogP contribution < -0.4 is 19.9 Å². The van der Waals surface area contributed by atoms with Crippen molar-refractivity contribution in [2.24, 2.45) is 0 Å². The van der Waals surface area contributed by atoms with E-state index in [1.807, 2.05) is 12.1 Å². The highest BCUT2D eigenvalue weighted by atomic mass is 32.1. The number of nitrogens with one attached hydrogen (secondary N) is 1. The molecule has 3 amide bonds. The quantitative estimate of drug-likeness (QED) is 0.102. The summed E-state index contributed by atoms with van der Waals surface area (Å²) < 4.78 is 68.1. The molecule has 1 N–H and O–H groups in total. The molecule has 3 fully saturated rings. The first kappa shape index (κ1) is 39.8. The molecule has 11 nitrogen and oxygen atoms in total. The number of ether oxygens (including phenoxy) is 1. The Morgan fingerprint density at radius 3 is 2.39 bits per heavy atom. The summed E-state index contributed by atoms with van der Waals surface area (Å²) in [7, 11) is 0. The average Bonchev–Trinajstić information content (AvgIpc) is 3.66. The summed E-state index contributed by atoms with van der Waals surface area (Å²) >= 11 is 5.56. The molecule has 4 heterocycles. The standard InChI is InChI=1S/C41H40F4N6O5S/c1-40(2)38(54)50(27-7-6-26(23-46)32(21-27)41(43,44)45)39(57)51(40)28-8-11-34(33(42)22-28)55-19-18-49-16-14-48(15-17-49)13-3-4-25-5-9-29-31(24-56-35(29)20-25)30-10-12-36(52)47-37(30)53/h5-9,11,20-22,24,30H,3-4,10,12-19H2,1-2H3,(H,47,52,53). The first-order valence-corrected chi connectivity index (χ1v) is 19.1. The van der Waals surface area contributed by atoms with E-state index in [4.69, 9.17) is 21.4 Å². The second-order valence-electron chi connectivity index (χ2n) is 14.9. The van der Waals surface area contributed by atoms with Gasteiger partial charge < -0.3 is 19.0 Å². The number of hydrogen-bond donors (Lipinski definition) is 1. The van der Waals surface area contributed by atoms with Gasteiger partial charge in [0.25, 0.3) is 5.91 Å². The van der Waals surface area contributed by atoms with E-state index in [9.17, 15) is 32.8 Å². The zero-order valence-electron chi connectivity index (χ0n) is 31.3. The molecule has 4 aromatic rings. The molecule has 3 aromatic carbocycles. The van der Waals surface area contributed by atoms with Crippen molar-refractivity contribution in [2.75, 3.05) is 55.7 Å². The minimum atomic E-state index is -4.83. The highest BCUT2D eigenvalue weighted by molar-refractivity contribution is 7.81. The Hall–Kier alpha value is -5.37. The number of imide groups is 1. The summed E-state index contributed by atoms with van der Waals surface area (Å²) in [6.07, 6.45) is -0.580. The lowest BCUT2D eigenvalue weighted by Crippen LogP contribution is -2.47. The van der Waals surface area contributed by atoms with Crippen molar-refractivity contribution in [1.82, 2.24) is 15.1 Å². The summed E-state index contributed by atoms with van der Waals surface area (Å²) in [6, 6.07) is 14.7.